The topological polar surface area (TPSA) is 17.1 Å². The predicted molar refractivity (Wildman–Crippen MR) is 40.1 cm³/mol. The fourth-order valence-corrected chi connectivity index (χ4v) is 1.64. The molecule has 2 heteroatoms. The molecule has 0 aromatic heterocycles. The van der Waals surface area contributed by atoms with Crippen molar-refractivity contribution in [2.75, 3.05) is 0 Å². The van der Waals surface area contributed by atoms with Crippen molar-refractivity contribution < 1.29 is 4.79 Å². The van der Waals surface area contributed by atoms with Crippen LogP contribution in [0, 0.1) is 11.8 Å². The molecule has 0 N–H and O–H groups in total. The van der Waals surface area contributed by atoms with Gasteiger partial charge in [0.05, 0.1) is 5.38 Å². The van der Waals surface area contributed by atoms with Gasteiger partial charge < -0.3 is 0 Å². The van der Waals surface area contributed by atoms with Crippen molar-refractivity contribution in [1.29, 1.82) is 0 Å². The first-order chi connectivity index (χ1) is 4.79. The average Bonchev–Trinajstić information content (AvgIpc) is 2.73. The molecule has 0 heterocycles. The molecule has 2 rings (SSSR count). The fourth-order valence-electron chi connectivity index (χ4n) is 1.21. The second-order valence-corrected chi connectivity index (χ2v) is 3.89. The first kappa shape index (κ1) is 6.66. The number of ketones is 1. The summed E-state index contributed by atoms with van der Waals surface area (Å²) in [5.74, 6) is 1.21. The van der Waals surface area contributed by atoms with Crippen molar-refractivity contribution in [2.45, 2.75) is 31.1 Å². The van der Waals surface area contributed by atoms with Gasteiger partial charge in [0.25, 0.3) is 0 Å². The Labute approximate surface area is 65.7 Å². The van der Waals surface area contributed by atoms with E-state index in [1.54, 1.807) is 0 Å². The average molecular weight is 159 g/mol. The molecule has 0 spiro atoms. The standard InChI is InChI=1S/C8H11ClO/c9-7(5-1-2-5)8(10)6-3-4-6/h5-7H,1-4H2/t7-/m0/s1. The molecular weight excluding hydrogens is 148 g/mol. The van der Waals surface area contributed by atoms with Gasteiger partial charge in [-0.3, -0.25) is 4.79 Å². The van der Waals surface area contributed by atoms with Crippen molar-refractivity contribution in [3.8, 4) is 0 Å². The van der Waals surface area contributed by atoms with E-state index in [4.69, 9.17) is 11.6 Å². The highest BCUT2D eigenvalue weighted by Crippen LogP contribution is 2.41. The molecule has 2 aliphatic rings. The molecule has 0 unspecified atom stereocenters. The van der Waals surface area contributed by atoms with Gasteiger partial charge in [-0.1, -0.05) is 0 Å². The normalized spacial score (nSPS) is 28.1. The van der Waals surface area contributed by atoms with Gasteiger partial charge in [0.1, 0.15) is 0 Å². The second-order valence-electron chi connectivity index (χ2n) is 3.42. The number of carbonyl (C=O) groups excluding carboxylic acids is 1. The molecule has 0 bridgehead atoms. The third-order valence-electron chi connectivity index (χ3n) is 2.29. The highest BCUT2D eigenvalue weighted by Gasteiger charge is 2.41. The molecule has 10 heavy (non-hydrogen) atoms. The lowest BCUT2D eigenvalue weighted by Crippen LogP contribution is -2.17. The Bertz CT molecular complexity index is 159. The Hall–Kier alpha value is -0.0400. The van der Waals surface area contributed by atoms with Gasteiger partial charge in [-0.15, -0.1) is 11.6 Å². The Balaban J connectivity index is 1.89. The molecule has 1 nitrogen and oxygen atoms in total. The van der Waals surface area contributed by atoms with E-state index in [-0.39, 0.29) is 5.38 Å². The Kier molecular flexibility index (Phi) is 1.48. The number of halogens is 1. The molecule has 2 fully saturated rings. The van der Waals surface area contributed by atoms with Gasteiger partial charge in [-0.2, -0.15) is 0 Å². The molecule has 1 atom stereocenters. The Morgan fingerprint density at radius 2 is 1.90 bits per heavy atom. The minimum atomic E-state index is -0.132. The number of hydrogen-bond donors (Lipinski definition) is 0. The van der Waals surface area contributed by atoms with Crippen LogP contribution < -0.4 is 0 Å². The zero-order valence-electron chi connectivity index (χ0n) is 5.85. The zero-order chi connectivity index (χ0) is 7.14. The lowest BCUT2D eigenvalue weighted by Gasteiger charge is -2.03. The van der Waals surface area contributed by atoms with Crippen LogP contribution in [0.15, 0.2) is 0 Å². The van der Waals surface area contributed by atoms with E-state index >= 15 is 0 Å². The number of alkyl halides is 1. The molecule has 0 radical (unpaired) electrons. The minimum Gasteiger partial charge on any atom is -0.298 e. The molecule has 56 valence electrons. The first-order valence-electron chi connectivity index (χ1n) is 3.97. The summed E-state index contributed by atoms with van der Waals surface area (Å²) in [4.78, 5) is 11.3. The molecule has 2 saturated carbocycles. The van der Waals surface area contributed by atoms with Crippen LogP contribution in [0.1, 0.15) is 25.7 Å². The van der Waals surface area contributed by atoms with Gasteiger partial charge in [0.2, 0.25) is 0 Å². The van der Waals surface area contributed by atoms with Crippen LogP contribution in [0.4, 0.5) is 0 Å². The van der Waals surface area contributed by atoms with Crippen LogP contribution in [0.25, 0.3) is 0 Å². The van der Waals surface area contributed by atoms with Crippen LogP contribution >= 0.6 is 11.6 Å². The number of carbonyl (C=O) groups is 1. The summed E-state index contributed by atoms with van der Waals surface area (Å²) >= 11 is 5.91. The largest absolute Gasteiger partial charge is 0.298 e. The number of Topliss-reactive ketones (excluding diaryl/α,β-unsaturated/α-hetero) is 1. The summed E-state index contributed by atoms with van der Waals surface area (Å²) in [6.45, 7) is 0. The van der Waals surface area contributed by atoms with Crippen molar-refractivity contribution in [3.05, 3.63) is 0 Å². The van der Waals surface area contributed by atoms with Gasteiger partial charge in [0, 0.05) is 5.92 Å². The van der Waals surface area contributed by atoms with Gasteiger partial charge >= 0.3 is 0 Å². The highest BCUT2D eigenvalue weighted by molar-refractivity contribution is 6.32. The molecule has 0 saturated heterocycles. The van der Waals surface area contributed by atoms with Crippen LogP contribution in [0.5, 0.6) is 0 Å². The number of rotatable bonds is 3. The van der Waals surface area contributed by atoms with E-state index in [1.807, 2.05) is 0 Å². The molecule has 0 aromatic rings. The maximum atomic E-state index is 11.3. The molecule has 2 aliphatic carbocycles. The quantitative estimate of drug-likeness (QED) is 0.574. The van der Waals surface area contributed by atoms with E-state index in [9.17, 15) is 4.79 Å². The molecular formula is C8H11ClO. The smallest absolute Gasteiger partial charge is 0.154 e. The summed E-state index contributed by atoms with van der Waals surface area (Å²) in [7, 11) is 0. The molecule has 0 aromatic carbocycles. The van der Waals surface area contributed by atoms with Crippen molar-refractivity contribution in [2.24, 2.45) is 11.8 Å². The van der Waals surface area contributed by atoms with E-state index in [0.29, 0.717) is 17.6 Å². The fraction of sp³-hybridized carbons (Fsp3) is 0.875. The van der Waals surface area contributed by atoms with E-state index in [1.165, 1.54) is 12.8 Å². The van der Waals surface area contributed by atoms with Crippen LogP contribution in [0.3, 0.4) is 0 Å². The SMILES string of the molecule is O=C(C1CC1)[C@@H](Cl)C1CC1. The van der Waals surface area contributed by atoms with Crippen molar-refractivity contribution >= 4 is 17.4 Å². The van der Waals surface area contributed by atoms with E-state index in [2.05, 4.69) is 0 Å². The highest BCUT2D eigenvalue weighted by atomic mass is 35.5. The van der Waals surface area contributed by atoms with Gasteiger partial charge in [0.15, 0.2) is 5.78 Å². The lowest BCUT2D eigenvalue weighted by atomic mass is 10.1. The van der Waals surface area contributed by atoms with Crippen LogP contribution in [0.2, 0.25) is 0 Å². The maximum Gasteiger partial charge on any atom is 0.154 e. The molecule has 0 amide bonds. The van der Waals surface area contributed by atoms with E-state index < -0.39 is 0 Å². The van der Waals surface area contributed by atoms with Crippen LogP contribution in [-0.2, 0) is 4.79 Å². The summed E-state index contributed by atoms with van der Waals surface area (Å²) in [5.41, 5.74) is 0. The third-order valence-corrected chi connectivity index (χ3v) is 2.86. The summed E-state index contributed by atoms with van der Waals surface area (Å²) < 4.78 is 0. The lowest BCUT2D eigenvalue weighted by molar-refractivity contribution is -0.120. The Morgan fingerprint density at radius 1 is 1.30 bits per heavy atom. The molecule has 0 aliphatic heterocycles. The van der Waals surface area contributed by atoms with Gasteiger partial charge in [-0.25, -0.2) is 0 Å². The summed E-state index contributed by atoms with van der Waals surface area (Å²) in [5, 5.41) is -0.132. The van der Waals surface area contributed by atoms with Gasteiger partial charge in [-0.05, 0) is 31.6 Å². The minimum absolute atomic E-state index is 0.132. The summed E-state index contributed by atoms with van der Waals surface area (Å²) in [6.07, 6.45) is 4.53. The number of hydrogen-bond acceptors (Lipinski definition) is 1. The zero-order valence-corrected chi connectivity index (χ0v) is 6.60. The summed E-state index contributed by atoms with van der Waals surface area (Å²) in [6, 6.07) is 0. The Morgan fingerprint density at radius 3 is 2.30 bits per heavy atom. The van der Waals surface area contributed by atoms with Crippen molar-refractivity contribution in [1.82, 2.24) is 0 Å². The maximum absolute atomic E-state index is 11.3. The van der Waals surface area contributed by atoms with Crippen LogP contribution in [-0.4, -0.2) is 11.2 Å². The predicted octanol–water partition coefficient (Wildman–Crippen LogP) is 1.98. The van der Waals surface area contributed by atoms with E-state index in [0.717, 1.165) is 12.8 Å². The third kappa shape index (κ3) is 1.20. The monoisotopic (exact) mass is 158 g/mol. The second kappa shape index (κ2) is 2.23. The van der Waals surface area contributed by atoms with Crippen molar-refractivity contribution in [3.63, 3.8) is 0 Å². The first-order valence-corrected chi connectivity index (χ1v) is 4.40.